The van der Waals surface area contributed by atoms with Crippen LogP contribution >= 0.6 is 0 Å². The normalized spacial score (nSPS) is 26.7. The van der Waals surface area contributed by atoms with Crippen molar-refractivity contribution < 1.29 is 64.6 Å². The van der Waals surface area contributed by atoms with Crippen LogP contribution in [-0.4, -0.2) is 140 Å². The van der Waals surface area contributed by atoms with Gasteiger partial charge in [0.2, 0.25) is 5.91 Å². The number of unbranched alkanes of at least 4 members (excludes halogenated alkanes) is 10. The zero-order valence-corrected chi connectivity index (χ0v) is 42.9. The maximum atomic E-state index is 13.2. The molecule has 71 heavy (non-hydrogen) atoms. The summed E-state index contributed by atoms with van der Waals surface area (Å²) in [5.41, 5.74) is 0. The van der Waals surface area contributed by atoms with Gasteiger partial charge in [0.15, 0.2) is 12.6 Å². The third-order valence-corrected chi connectivity index (χ3v) is 12.2. The van der Waals surface area contributed by atoms with Crippen LogP contribution in [0.2, 0.25) is 0 Å². The Balaban J connectivity index is 1.80. The van der Waals surface area contributed by atoms with Crippen molar-refractivity contribution in [2.75, 3.05) is 19.8 Å². The van der Waals surface area contributed by atoms with Gasteiger partial charge in [0.1, 0.15) is 48.8 Å². The SMILES string of the molecule is CC/C=C\C/C=C\C/C=C\C/C=C\C/C=C\C/C=C\CCCCCCCCC(=O)NC(COC1OC(CO)C(OC2OC(CO)C(O)C(O)C2O)C(O)C1O)C(O)/C=C/CC/C=C/CC/C=C/CCCC. The van der Waals surface area contributed by atoms with E-state index in [4.69, 9.17) is 18.9 Å². The summed E-state index contributed by atoms with van der Waals surface area (Å²) in [6, 6.07) is -0.952. The van der Waals surface area contributed by atoms with E-state index in [9.17, 15) is 45.6 Å². The number of hydrogen-bond acceptors (Lipinski definition) is 13. The third kappa shape index (κ3) is 28.6. The Kier molecular flexibility index (Phi) is 37.8. The molecule has 0 spiro atoms. The lowest BCUT2D eigenvalue weighted by Crippen LogP contribution is -2.65. The smallest absolute Gasteiger partial charge is 0.220 e. The van der Waals surface area contributed by atoms with E-state index in [2.05, 4.69) is 116 Å². The van der Waals surface area contributed by atoms with Gasteiger partial charge in [0.05, 0.1) is 32.0 Å². The molecule has 0 bridgehead atoms. The topological polar surface area (TPSA) is 228 Å². The molecule has 404 valence electrons. The molecular weight excluding hydrogens is 907 g/mol. The van der Waals surface area contributed by atoms with Crippen molar-refractivity contribution in [3.8, 4) is 0 Å². The van der Waals surface area contributed by atoms with Crippen LogP contribution in [0.25, 0.3) is 0 Å². The molecule has 2 aliphatic rings. The second kappa shape index (κ2) is 42.1. The summed E-state index contributed by atoms with van der Waals surface area (Å²) in [7, 11) is 0. The zero-order chi connectivity index (χ0) is 51.7. The molecule has 2 fully saturated rings. The molecule has 14 nitrogen and oxygen atoms in total. The number of hydrogen-bond donors (Lipinski definition) is 9. The van der Waals surface area contributed by atoms with Gasteiger partial charge >= 0.3 is 0 Å². The first-order valence-electron chi connectivity index (χ1n) is 26.6. The van der Waals surface area contributed by atoms with Crippen LogP contribution in [0.15, 0.2) is 109 Å². The highest BCUT2D eigenvalue weighted by molar-refractivity contribution is 5.76. The Morgan fingerprint density at radius 3 is 1.55 bits per heavy atom. The van der Waals surface area contributed by atoms with E-state index in [0.29, 0.717) is 12.8 Å². The predicted molar refractivity (Wildman–Crippen MR) is 281 cm³/mol. The van der Waals surface area contributed by atoms with E-state index < -0.39 is 86.8 Å². The molecule has 2 aliphatic heterocycles. The monoisotopic (exact) mass is 1000 g/mol. The summed E-state index contributed by atoms with van der Waals surface area (Å²) in [6.07, 6.45) is 41.3. The Morgan fingerprint density at radius 2 is 0.986 bits per heavy atom. The van der Waals surface area contributed by atoms with Gasteiger partial charge in [-0.15, -0.1) is 0 Å². The summed E-state index contributed by atoms with van der Waals surface area (Å²) in [4.78, 5) is 13.2. The van der Waals surface area contributed by atoms with E-state index in [1.165, 1.54) is 12.8 Å². The van der Waals surface area contributed by atoms with E-state index in [1.807, 2.05) is 6.08 Å². The maximum Gasteiger partial charge on any atom is 0.220 e. The lowest BCUT2D eigenvalue weighted by atomic mass is 9.97. The number of nitrogens with one attached hydrogen (secondary N) is 1. The first-order valence-corrected chi connectivity index (χ1v) is 26.6. The van der Waals surface area contributed by atoms with Crippen LogP contribution < -0.4 is 5.32 Å². The molecule has 0 aliphatic carbocycles. The molecule has 2 saturated heterocycles. The molecule has 12 atom stereocenters. The van der Waals surface area contributed by atoms with Gasteiger partial charge in [-0.3, -0.25) is 4.79 Å². The standard InChI is InChI=1S/C57H93NO13/c1-3-5-7-9-11-13-15-17-18-19-20-21-22-23-24-25-26-27-28-29-31-33-35-37-39-41-49(62)58-45(46(61)40-38-36-34-32-30-16-14-12-10-8-6-4-2)44-68-56-54(67)52(65)55(48(43-60)70-56)71-57-53(66)51(64)50(63)47(42-59)69-57/h5,7,10-13,17-18,20-21,23-24,26-27,30,32,38,40,45-48,50-57,59-61,63-67H,3-4,6,8-9,14-16,19,22,25,28-29,31,33-37,39,41-44H2,1-2H3,(H,58,62)/b7-5-,12-10+,13-11-,18-17-,21-20-,24-23-,27-26-,32-30+,40-38+. The second-order valence-corrected chi connectivity index (χ2v) is 18.2. The molecule has 12 unspecified atom stereocenters. The highest BCUT2D eigenvalue weighted by atomic mass is 16.7. The molecule has 0 aromatic heterocycles. The highest BCUT2D eigenvalue weighted by Gasteiger charge is 2.51. The summed E-state index contributed by atoms with van der Waals surface area (Å²) in [6.45, 7) is 2.55. The summed E-state index contributed by atoms with van der Waals surface area (Å²) in [5, 5.41) is 86.7. The second-order valence-electron chi connectivity index (χ2n) is 18.2. The average Bonchev–Trinajstić information content (AvgIpc) is 3.37. The Hall–Kier alpha value is -3.35. The van der Waals surface area contributed by atoms with Crippen molar-refractivity contribution in [2.45, 2.75) is 222 Å². The van der Waals surface area contributed by atoms with Gasteiger partial charge in [-0.2, -0.15) is 0 Å². The molecule has 0 radical (unpaired) electrons. The van der Waals surface area contributed by atoms with Crippen molar-refractivity contribution in [2.24, 2.45) is 0 Å². The van der Waals surface area contributed by atoms with E-state index >= 15 is 0 Å². The fourth-order valence-corrected chi connectivity index (χ4v) is 7.84. The molecule has 2 rings (SSSR count). The molecule has 0 saturated carbocycles. The number of ether oxygens (including phenoxy) is 4. The maximum absolute atomic E-state index is 13.2. The molecule has 1 amide bonds. The van der Waals surface area contributed by atoms with Gasteiger partial charge in [0, 0.05) is 6.42 Å². The van der Waals surface area contributed by atoms with Gasteiger partial charge in [0.25, 0.3) is 0 Å². The van der Waals surface area contributed by atoms with Crippen molar-refractivity contribution in [1.82, 2.24) is 5.32 Å². The van der Waals surface area contributed by atoms with Crippen molar-refractivity contribution >= 4 is 5.91 Å². The van der Waals surface area contributed by atoms with E-state index in [0.717, 1.165) is 103 Å². The molecule has 2 heterocycles. The van der Waals surface area contributed by atoms with Crippen LogP contribution in [0.5, 0.6) is 0 Å². The number of allylic oxidation sites excluding steroid dienone is 17. The average molecular weight is 1000 g/mol. The van der Waals surface area contributed by atoms with Crippen LogP contribution in [0, 0.1) is 0 Å². The fourth-order valence-electron chi connectivity index (χ4n) is 7.84. The minimum absolute atomic E-state index is 0.245. The minimum Gasteiger partial charge on any atom is -0.394 e. The molecule has 9 N–H and O–H groups in total. The fraction of sp³-hybridized carbons (Fsp3) is 0.667. The number of aliphatic hydroxyl groups excluding tert-OH is 8. The number of amides is 1. The number of aliphatic hydroxyl groups is 8. The van der Waals surface area contributed by atoms with Gasteiger partial charge in [-0.1, -0.05) is 162 Å². The van der Waals surface area contributed by atoms with Crippen LogP contribution in [0.4, 0.5) is 0 Å². The first kappa shape index (κ1) is 63.8. The summed E-state index contributed by atoms with van der Waals surface area (Å²) < 4.78 is 22.7. The Morgan fingerprint density at radius 1 is 0.521 bits per heavy atom. The third-order valence-electron chi connectivity index (χ3n) is 12.2. The summed E-state index contributed by atoms with van der Waals surface area (Å²) >= 11 is 0. The Labute approximate surface area is 425 Å². The quantitative estimate of drug-likeness (QED) is 0.0213. The van der Waals surface area contributed by atoms with Crippen molar-refractivity contribution in [3.63, 3.8) is 0 Å². The number of carbonyl (C=O) groups is 1. The molecule has 14 heteroatoms. The number of rotatable bonds is 39. The van der Waals surface area contributed by atoms with E-state index in [1.54, 1.807) is 6.08 Å². The Bertz CT molecular complexity index is 1600. The lowest BCUT2D eigenvalue weighted by Gasteiger charge is -2.46. The largest absolute Gasteiger partial charge is 0.394 e. The summed E-state index contributed by atoms with van der Waals surface area (Å²) in [5.74, 6) is -0.276. The predicted octanol–water partition coefficient (Wildman–Crippen LogP) is 7.71. The molecular formula is C57H93NO13. The number of carbonyl (C=O) groups excluding carboxylic acids is 1. The van der Waals surface area contributed by atoms with Crippen molar-refractivity contribution in [3.05, 3.63) is 109 Å². The molecule has 0 aromatic rings. The van der Waals surface area contributed by atoms with Gasteiger partial charge < -0.3 is 65.1 Å². The van der Waals surface area contributed by atoms with E-state index in [-0.39, 0.29) is 18.9 Å². The van der Waals surface area contributed by atoms with Gasteiger partial charge in [-0.25, -0.2) is 0 Å². The highest BCUT2D eigenvalue weighted by Crippen LogP contribution is 2.30. The first-order chi connectivity index (χ1) is 34.6. The lowest BCUT2D eigenvalue weighted by molar-refractivity contribution is -0.359. The van der Waals surface area contributed by atoms with Crippen LogP contribution in [0.3, 0.4) is 0 Å². The van der Waals surface area contributed by atoms with Crippen LogP contribution in [-0.2, 0) is 23.7 Å². The molecule has 0 aromatic carbocycles. The van der Waals surface area contributed by atoms with Crippen molar-refractivity contribution in [1.29, 1.82) is 0 Å². The van der Waals surface area contributed by atoms with Crippen LogP contribution in [0.1, 0.15) is 149 Å². The minimum atomic E-state index is -1.80. The van der Waals surface area contributed by atoms with Gasteiger partial charge in [-0.05, 0) is 89.9 Å². The zero-order valence-electron chi connectivity index (χ0n) is 42.9.